The number of aliphatic hydroxyl groups is 1. The molecule has 3 aromatic carbocycles. The third-order valence-electron chi connectivity index (χ3n) is 6.12. The van der Waals surface area contributed by atoms with Crippen molar-refractivity contribution in [2.45, 2.75) is 37.2 Å². The van der Waals surface area contributed by atoms with Crippen LogP contribution < -0.4 is 5.73 Å². The molecule has 8 nitrogen and oxygen atoms in total. The van der Waals surface area contributed by atoms with Crippen LogP contribution in [0, 0.1) is 5.92 Å². The van der Waals surface area contributed by atoms with E-state index in [9.17, 15) is 5.11 Å². The number of nitrogens with zero attached hydrogens (tertiary/aromatic N) is 4. The van der Waals surface area contributed by atoms with E-state index >= 15 is 0 Å². The Morgan fingerprint density at radius 1 is 0.971 bits per heavy atom. The highest BCUT2D eigenvalue weighted by atomic mass is 32.2. The molecule has 0 unspecified atom stereocenters. The molecule has 0 aliphatic carbocycles. The lowest BCUT2D eigenvalue weighted by atomic mass is 9.91. The van der Waals surface area contributed by atoms with Gasteiger partial charge >= 0.3 is 0 Å². The fourth-order valence-electron chi connectivity index (χ4n) is 4.17. The monoisotopic (exact) mass is 489 g/mol. The Bertz CT molecular complexity index is 1250. The smallest absolute Gasteiger partial charge is 0.214 e. The van der Waals surface area contributed by atoms with Crippen LogP contribution in [0.25, 0.3) is 5.69 Å². The quantitative estimate of drug-likeness (QED) is 0.292. The topological polar surface area (TPSA) is 108 Å². The minimum atomic E-state index is -0.562. The van der Waals surface area contributed by atoms with Gasteiger partial charge in [-0.05, 0) is 45.8 Å². The predicted octanol–water partition coefficient (Wildman–Crippen LogP) is 4.32. The Morgan fingerprint density at radius 2 is 1.77 bits per heavy atom. The summed E-state index contributed by atoms with van der Waals surface area (Å²) in [6.45, 7) is 2.14. The van der Waals surface area contributed by atoms with Crippen molar-refractivity contribution in [1.82, 2.24) is 20.2 Å². The second-order valence-corrected chi connectivity index (χ2v) is 9.50. The maximum atomic E-state index is 9.43. The van der Waals surface area contributed by atoms with Crippen LogP contribution in [0.4, 0.5) is 5.69 Å². The third kappa shape index (κ3) is 5.23. The Morgan fingerprint density at radius 3 is 2.51 bits per heavy atom. The van der Waals surface area contributed by atoms with Crippen LogP contribution in [-0.2, 0) is 16.1 Å². The highest BCUT2D eigenvalue weighted by Crippen LogP contribution is 2.43. The maximum absolute atomic E-state index is 9.43. The molecule has 3 N–H and O–H groups in total. The molecule has 9 heteroatoms. The van der Waals surface area contributed by atoms with Gasteiger partial charge in [0.25, 0.3) is 0 Å². The summed E-state index contributed by atoms with van der Waals surface area (Å²) in [5.74, 6) is 0.697. The van der Waals surface area contributed by atoms with Crippen molar-refractivity contribution in [3.05, 3.63) is 95.6 Å². The molecule has 180 valence electrons. The van der Waals surface area contributed by atoms with E-state index in [0.29, 0.717) is 16.6 Å². The van der Waals surface area contributed by atoms with Gasteiger partial charge in [-0.25, -0.2) is 0 Å². The molecule has 35 heavy (non-hydrogen) atoms. The van der Waals surface area contributed by atoms with Crippen molar-refractivity contribution >= 4 is 17.4 Å². The largest absolute Gasteiger partial charge is 0.399 e. The van der Waals surface area contributed by atoms with E-state index in [2.05, 4.69) is 22.4 Å². The number of ether oxygens (including phenoxy) is 2. The second kappa shape index (κ2) is 10.6. The van der Waals surface area contributed by atoms with E-state index in [1.807, 2.05) is 78.9 Å². The summed E-state index contributed by atoms with van der Waals surface area (Å²) >= 11 is 1.55. The molecule has 0 amide bonds. The van der Waals surface area contributed by atoms with E-state index in [0.717, 1.165) is 22.4 Å². The number of rotatable bonds is 7. The fraction of sp³-hybridized carbons (Fsp3) is 0.269. The number of hydrogen-bond acceptors (Lipinski definition) is 8. The van der Waals surface area contributed by atoms with Crippen LogP contribution in [0.3, 0.4) is 0 Å². The number of tetrazole rings is 1. The molecule has 0 bridgehead atoms. The average molecular weight is 490 g/mol. The summed E-state index contributed by atoms with van der Waals surface area (Å²) < 4.78 is 14.7. The van der Waals surface area contributed by atoms with E-state index in [1.54, 1.807) is 16.4 Å². The van der Waals surface area contributed by atoms with Crippen molar-refractivity contribution in [2.75, 3.05) is 11.5 Å². The zero-order valence-electron chi connectivity index (χ0n) is 19.3. The average Bonchev–Trinajstić information content (AvgIpc) is 3.37. The van der Waals surface area contributed by atoms with Gasteiger partial charge in [-0.1, -0.05) is 73.3 Å². The number of nitrogens with two attached hydrogens (primary N) is 1. The molecular weight excluding hydrogens is 462 g/mol. The van der Waals surface area contributed by atoms with Gasteiger partial charge in [-0.15, -0.1) is 5.10 Å². The van der Waals surface area contributed by atoms with E-state index in [4.69, 9.17) is 15.2 Å². The van der Waals surface area contributed by atoms with Crippen LogP contribution in [0.2, 0.25) is 0 Å². The predicted molar refractivity (Wildman–Crippen MR) is 134 cm³/mol. The molecule has 1 saturated heterocycles. The summed E-state index contributed by atoms with van der Waals surface area (Å²) in [4.78, 5) is 0. The molecule has 5 rings (SSSR count). The molecule has 1 aliphatic rings. The molecule has 1 aliphatic heterocycles. The summed E-state index contributed by atoms with van der Waals surface area (Å²) in [5.41, 5.74) is 10.4. The van der Waals surface area contributed by atoms with Crippen LogP contribution in [0.1, 0.15) is 36.0 Å². The van der Waals surface area contributed by atoms with Crippen molar-refractivity contribution in [1.29, 1.82) is 0 Å². The number of hydrogen-bond donors (Lipinski definition) is 2. The molecule has 0 radical (unpaired) electrons. The number of para-hydroxylation sites is 1. The molecular formula is C26H27N5O3S. The van der Waals surface area contributed by atoms with Gasteiger partial charge in [0.05, 0.1) is 24.5 Å². The molecule has 1 aromatic heterocycles. The summed E-state index contributed by atoms with van der Waals surface area (Å²) in [7, 11) is 0. The molecule has 0 spiro atoms. The van der Waals surface area contributed by atoms with Gasteiger partial charge in [0, 0.05) is 22.9 Å². The first-order valence-corrected chi connectivity index (χ1v) is 12.4. The fourth-order valence-corrected chi connectivity index (χ4v) is 5.23. The van der Waals surface area contributed by atoms with Crippen LogP contribution >= 0.6 is 11.8 Å². The van der Waals surface area contributed by atoms with Crippen molar-refractivity contribution < 1.29 is 14.6 Å². The first-order chi connectivity index (χ1) is 17.1. The Balaban J connectivity index is 1.40. The first-order valence-electron chi connectivity index (χ1n) is 11.4. The number of aliphatic hydroxyl groups excluding tert-OH is 1. The van der Waals surface area contributed by atoms with Gasteiger partial charge in [-0.3, -0.25) is 0 Å². The lowest BCUT2D eigenvalue weighted by Crippen LogP contribution is -2.38. The number of thioether (sulfide) groups is 1. The van der Waals surface area contributed by atoms with Crippen LogP contribution in [0.15, 0.2) is 84.0 Å². The van der Waals surface area contributed by atoms with Gasteiger partial charge in [-0.2, -0.15) is 4.68 Å². The van der Waals surface area contributed by atoms with Crippen molar-refractivity contribution in [2.24, 2.45) is 5.92 Å². The summed E-state index contributed by atoms with van der Waals surface area (Å²) in [6, 6.07) is 25.3. The first kappa shape index (κ1) is 23.5. The summed E-state index contributed by atoms with van der Waals surface area (Å²) in [5, 5.41) is 22.4. The normalized spacial score (nSPS) is 22.2. The number of aromatic nitrogens is 4. The van der Waals surface area contributed by atoms with E-state index < -0.39 is 6.29 Å². The Hall–Kier alpha value is -3.24. The van der Waals surface area contributed by atoms with Gasteiger partial charge in [0.15, 0.2) is 6.29 Å². The molecule has 2 heterocycles. The number of anilines is 1. The number of nitrogen functional groups attached to an aromatic ring is 1. The highest BCUT2D eigenvalue weighted by molar-refractivity contribution is 7.99. The van der Waals surface area contributed by atoms with Gasteiger partial charge < -0.3 is 20.3 Å². The minimum absolute atomic E-state index is 0.00574. The molecule has 4 atom stereocenters. The van der Waals surface area contributed by atoms with Gasteiger partial charge in [0.1, 0.15) is 0 Å². The highest BCUT2D eigenvalue weighted by Gasteiger charge is 2.38. The second-order valence-electron chi connectivity index (χ2n) is 8.51. The lowest BCUT2D eigenvalue weighted by molar-refractivity contribution is -0.268. The zero-order chi connectivity index (χ0) is 24.2. The standard InChI is InChI=1S/C26H27N5O3S/c1-17-23(16-35-26-28-29-30-31(26)22-8-3-2-4-9-22)33-25(20-6-5-7-21(27)14-20)34-24(17)19-12-10-18(15-32)11-13-19/h2-14,17,23-25,32H,15-16,27H2,1H3/t17-,23+,24+,25+/m1/s1. The van der Waals surface area contributed by atoms with E-state index in [1.165, 1.54) is 0 Å². The SMILES string of the molecule is C[C@@H]1[C@H](CSc2nnnn2-c2ccccc2)O[C@H](c2cccc(N)c2)O[C@@H]1c1ccc(CO)cc1. The molecule has 4 aromatic rings. The minimum Gasteiger partial charge on any atom is -0.399 e. The third-order valence-corrected chi connectivity index (χ3v) is 7.13. The Kier molecular flexibility index (Phi) is 7.10. The van der Waals surface area contributed by atoms with Crippen molar-refractivity contribution in [3.8, 4) is 5.69 Å². The van der Waals surface area contributed by atoms with Crippen LogP contribution in [-0.4, -0.2) is 37.2 Å². The lowest BCUT2D eigenvalue weighted by Gasteiger charge is -2.41. The van der Waals surface area contributed by atoms with Gasteiger partial charge in [0.2, 0.25) is 5.16 Å². The molecule has 1 fully saturated rings. The Labute approximate surface area is 208 Å². The number of benzene rings is 3. The van der Waals surface area contributed by atoms with E-state index in [-0.39, 0.29) is 24.7 Å². The van der Waals surface area contributed by atoms with Crippen LogP contribution in [0.5, 0.6) is 0 Å². The molecule has 0 saturated carbocycles. The summed E-state index contributed by atoms with van der Waals surface area (Å²) in [6.07, 6.45) is -0.893. The maximum Gasteiger partial charge on any atom is 0.214 e. The zero-order valence-corrected chi connectivity index (χ0v) is 20.1. The van der Waals surface area contributed by atoms with Crippen molar-refractivity contribution in [3.63, 3.8) is 0 Å².